The van der Waals surface area contributed by atoms with Crippen molar-refractivity contribution < 1.29 is 9.53 Å². The van der Waals surface area contributed by atoms with Gasteiger partial charge in [-0.3, -0.25) is 4.90 Å². The van der Waals surface area contributed by atoms with E-state index >= 15 is 0 Å². The van der Waals surface area contributed by atoms with Gasteiger partial charge in [0, 0.05) is 29.0 Å². The van der Waals surface area contributed by atoms with E-state index in [4.69, 9.17) is 4.74 Å². The molecule has 120 valence electrons. The second-order valence-corrected chi connectivity index (χ2v) is 9.33. The predicted molar refractivity (Wildman–Crippen MR) is 87.9 cm³/mol. The number of hydrogen-bond donors (Lipinski definition) is 0. The highest BCUT2D eigenvalue weighted by Crippen LogP contribution is 2.56. The number of piperidine rings is 1. The van der Waals surface area contributed by atoms with E-state index in [2.05, 4.69) is 16.7 Å². The molecule has 0 radical (unpaired) electrons. The molecule has 3 aliphatic heterocycles. The van der Waals surface area contributed by atoms with Gasteiger partial charge in [0.25, 0.3) is 0 Å². The third-order valence-electron chi connectivity index (χ3n) is 6.66. The van der Waals surface area contributed by atoms with Crippen molar-refractivity contribution in [3.8, 4) is 0 Å². The Bertz CT molecular complexity index is 527. The van der Waals surface area contributed by atoms with Crippen molar-refractivity contribution in [1.82, 2.24) is 4.90 Å². The number of carbonyl (C=O) groups is 1. The summed E-state index contributed by atoms with van der Waals surface area (Å²) in [5.41, 5.74) is 1.10. The standard InChI is InChI=1S/C18H25NO2S/c20-17-10-12-9-15(22-13-5-1-2-6-13)14-11-18(12,21-17)16-7-3-4-8-19(14)16/h10,13-16H,1-9,11H2/t14-,15?,16?,18-/m0/s1. The van der Waals surface area contributed by atoms with E-state index in [0.29, 0.717) is 17.3 Å². The monoisotopic (exact) mass is 319 g/mol. The average molecular weight is 319 g/mol. The van der Waals surface area contributed by atoms with E-state index in [9.17, 15) is 4.79 Å². The maximum atomic E-state index is 12.0. The number of carbonyl (C=O) groups excluding carboxylic acids is 1. The van der Waals surface area contributed by atoms with Crippen LogP contribution in [-0.4, -0.2) is 45.6 Å². The van der Waals surface area contributed by atoms with Crippen LogP contribution >= 0.6 is 11.8 Å². The van der Waals surface area contributed by atoms with Gasteiger partial charge in [0.1, 0.15) is 0 Å². The van der Waals surface area contributed by atoms with E-state index in [0.717, 1.165) is 18.1 Å². The molecule has 2 saturated carbocycles. The highest BCUT2D eigenvalue weighted by atomic mass is 32.2. The number of thioether (sulfide) groups is 1. The van der Waals surface area contributed by atoms with Crippen molar-refractivity contribution in [3.05, 3.63) is 11.6 Å². The Morgan fingerprint density at radius 3 is 2.86 bits per heavy atom. The van der Waals surface area contributed by atoms with Crippen LogP contribution in [0.15, 0.2) is 11.6 Å². The van der Waals surface area contributed by atoms with E-state index in [1.165, 1.54) is 57.1 Å². The second-order valence-electron chi connectivity index (χ2n) is 7.79. The molecule has 4 atom stereocenters. The molecule has 5 aliphatic rings. The summed E-state index contributed by atoms with van der Waals surface area (Å²) in [4.78, 5) is 14.7. The van der Waals surface area contributed by atoms with Gasteiger partial charge in [-0.25, -0.2) is 4.79 Å². The van der Waals surface area contributed by atoms with Gasteiger partial charge in [0.2, 0.25) is 0 Å². The van der Waals surface area contributed by atoms with Gasteiger partial charge >= 0.3 is 5.97 Å². The fourth-order valence-electron chi connectivity index (χ4n) is 5.75. The van der Waals surface area contributed by atoms with Gasteiger partial charge in [-0.2, -0.15) is 11.8 Å². The van der Waals surface area contributed by atoms with Gasteiger partial charge in [-0.1, -0.05) is 19.3 Å². The van der Waals surface area contributed by atoms with Crippen LogP contribution in [0, 0.1) is 0 Å². The minimum Gasteiger partial charge on any atom is -0.450 e. The summed E-state index contributed by atoms with van der Waals surface area (Å²) in [7, 11) is 0. The first kappa shape index (κ1) is 13.9. The Labute approximate surface area is 136 Å². The Kier molecular flexibility index (Phi) is 3.17. The van der Waals surface area contributed by atoms with E-state index in [1.807, 2.05) is 6.08 Å². The summed E-state index contributed by atoms with van der Waals surface area (Å²) >= 11 is 2.24. The van der Waals surface area contributed by atoms with Crippen LogP contribution in [-0.2, 0) is 9.53 Å². The van der Waals surface area contributed by atoms with Crippen LogP contribution in [0.25, 0.3) is 0 Å². The Hall–Kier alpha value is -0.480. The summed E-state index contributed by atoms with van der Waals surface area (Å²) in [5.74, 6) is -0.0762. The van der Waals surface area contributed by atoms with Crippen LogP contribution < -0.4 is 0 Å². The molecule has 3 heterocycles. The molecule has 22 heavy (non-hydrogen) atoms. The zero-order chi connectivity index (χ0) is 14.7. The highest BCUT2D eigenvalue weighted by Gasteiger charge is 2.63. The molecule has 4 heteroatoms. The lowest BCUT2D eigenvalue weighted by molar-refractivity contribution is -0.148. The molecule has 2 aliphatic carbocycles. The molecular formula is C18H25NO2S. The number of hydrogen-bond acceptors (Lipinski definition) is 4. The van der Waals surface area contributed by atoms with Gasteiger partial charge in [0.05, 0.1) is 6.04 Å². The van der Waals surface area contributed by atoms with Crippen LogP contribution in [0.3, 0.4) is 0 Å². The van der Waals surface area contributed by atoms with Crippen molar-refractivity contribution in [1.29, 1.82) is 0 Å². The molecule has 2 saturated heterocycles. The van der Waals surface area contributed by atoms with Crippen molar-refractivity contribution in [2.24, 2.45) is 0 Å². The van der Waals surface area contributed by atoms with Crippen molar-refractivity contribution >= 4 is 17.7 Å². The largest absolute Gasteiger partial charge is 0.450 e. The van der Waals surface area contributed by atoms with E-state index in [-0.39, 0.29) is 11.6 Å². The summed E-state index contributed by atoms with van der Waals surface area (Å²) in [6.45, 7) is 1.21. The van der Waals surface area contributed by atoms with Crippen LogP contribution in [0.5, 0.6) is 0 Å². The van der Waals surface area contributed by atoms with Crippen LogP contribution in [0.2, 0.25) is 0 Å². The number of ether oxygens (including phenoxy) is 1. The fraction of sp³-hybridized carbons (Fsp3) is 0.833. The normalized spacial score (nSPS) is 44.6. The van der Waals surface area contributed by atoms with Gasteiger partial charge in [0.15, 0.2) is 5.60 Å². The fourth-order valence-corrected chi connectivity index (χ4v) is 7.56. The summed E-state index contributed by atoms with van der Waals surface area (Å²) in [6.07, 6.45) is 13.4. The van der Waals surface area contributed by atoms with Crippen LogP contribution in [0.4, 0.5) is 0 Å². The third kappa shape index (κ3) is 1.89. The van der Waals surface area contributed by atoms with Gasteiger partial charge in [-0.05, 0) is 44.2 Å². The molecule has 5 rings (SSSR count). The lowest BCUT2D eigenvalue weighted by atomic mass is 9.77. The summed E-state index contributed by atoms with van der Waals surface area (Å²) in [5, 5.41) is 1.54. The molecule has 3 nitrogen and oxygen atoms in total. The van der Waals surface area contributed by atoms with E-state index < -0.39 is 0 Å². The first-order chi connectivity index (χ1) is 10.8. The average Bonchev–Trinajstić information content (AvgIpc) is 3.19. The smallest absolute Gasteiger partial charge is 0.331 e. The van der Waals surface area contributed by atoms with Crippen molar-refractivity contribution in [3.63, 3.8) is 0 Å². The summed E-state index contributed by atoms with van der Waals surface area (Å²) in [6, 6.07) is 1.11. The maximum Gasteiger partial charge on any atom is 0.331 e. The minimum absolute atomic E-state index is 0.0762. The Morgan fingerprint density at radius 2 is 2.00 bits per heavy atom. The van der Waals surface area contributed by atoms with E-state index in [1.54, 1.807) is 0 Å². The molecule has 0 aromatic rings. The number of nitrogens with zero attached hydrogens (tertiary/aromatic N) is 1. The third-order valence-corrected chi connectivity index (χ3v) is 8.35. The minimum atomic E-state index is -0.227. The first-order valence-electron chi connectivity index (χ1n) is 9.11. The van der Waals surface area contributed by atoms with Gasteiger partial charge in [-0.15, -0.1) is 0 Å². The lowest BCUT2D eigenvalue weighted by Crippen LogP contribution is -2.48. The molecule has 2 unspecified atom stereocenters. The number of esters is 1. The molecule has 0 amide bonds. The second kappa shape index (κ2) is 5.01. The lowest BCUT2D eigenvalue weighted by Gasteiger charge is -2.38. The topological polar surface area (TPSA) is 29.5 Å². The Balaban J connectivity index is 1.47. The molecular weight excluding hydrogens is 294 g/mol. The molecule has 0 aromatic heterocycles. The zero-order valence-corrected chi connectivity index (χ0v) is 13.9. The Morgan fingerprint density at radius 1 is 1.18 bits per heavy atom. The van der Waals surface area contributed by atoms with Crippen molar-refractivity contribution in [2.45, 2.75) is 86.0 Å². The molecule has 2 bridgehead atoms. The SMILES string of the molecule is O=C1C=C2CC(SC3CCCC3)[C@@H]3C[C@@]2(O1)C1CCCCN13. The van der Waals surface area contributed by atoms with Crippen molar-refractivity contribution in [2.75, 3.05) is 6.54 Å². The zero-order valence-electron chi connectivity index (χ0n) is 13.1. The molecule has 0 aromatic carbocycles. The highest BCUT2D eigenvalue weighted by molar-refractivity contribution is 8.00. The number of fused-ring (bicyclic) bond motifs is 3. The maximum absolute atomic E-state index is 12.0. The van der Waals surface area contributed by atoms with Crippen LogP contribution in [0.1, 0.15) is 57.8 Å². The first-order valence-corrected chi connectivity index (χ1v) is 10.1. The van der Waals surface area contributed by atoms with Gasteiger partial charge < -0.3 is 4.74 Å². The molecule has 4 fully saturated rings. The summed E-state index contributed by atoms with van der Waals surface area (Å²) < 4.78 is 5.95. The molecule has 1 spiro atoms. The quantitative estimate of drug-likeness (QED) is 0.731. The molecule has 0 N–H and O–H groups in total. The predicted octanol–water partition coefficient (Wildman–Crippen LogP) is 3.28. The number of rotatable bonds is 2.